The molecule has 1 aliphatic heterocycles. The molecule has 2 aromatic heterocycles. The van der Waals surface area contributed by atoms with Gasteiger partial charge in [0.1, 0.15) is 5.52 Å². The van der Waals surface area contributed by atoms with Crippen LogP contribution in [-0.4, -0.2) is 46.4 Å². The van der Waals surface area contributed by atoms with Gasteiger partial charge >= 0.3 is 0 Å². The van der Waals surface area contributed by atoms with E-state index >= 15 is 0 Å². The Bertz CT molecular complexity index is 550. The Morgan fingerprint density at radius 1 is 1.41 bits per heavy atom. The highest BCUT2D eigenvalue weighted by atomic mass is 16.3. The molecule has 0 atom stereocenters. The fourth-order valence-electron chi connectivity index (χ4n) is 2.15. The first-order valence-electron chi connectivity index (χ1n) is 5.72. The molecule has 2 N–H and O–H groups in total. The zero-order chi connectivity index (χ0) is 11.8. The largest absolute Gasteiger partial charge is 0.395 e. The van der Waals surface area contributed by atoms with E-state index in [2.05, 4.69) is 24.8 Å². The smallest absolute Gasteiger partial charge is 0.225 e. The number of aromatic nitrogens is 3. The van der Waals surface area contributed by atoms with Gasteiger partial charge in [-0.15, -0.1) is 0 Å². The molecule has 1 aliphatic rings. The average Bonchev–Trinajstić information content (AvgIpc) is 2.75. The molecule has 3 heterocycles. The number of anilines is 2. The molecular formula is C11H15N5O. The summed E-state index contributed by atoms with van der Waals surface area (Å²) < 4.78 is 2.18. The lowest BCUT2D eigenvalue weighted by Gasteiger charge is -2.25. The first-order chi connectivity index (χ1) is 8.29. The minimum absolute atomic E-state index is 0.0770. The van der Waals surface area contributed by atoms with Crippen LogP contribution in [0.3, 0.4) is 0 Å². The van der Waals surface area contributed by atoms with Gasteiger partial charge in [0.05, 0.1) is 12.1 Å². The van der Waals surface area contributed by atoms with Crippen LogP contribution in [0.4, 0.5) is 11.8 Å². The van der Waals surface area contributed by atoms with Crippen molar-refractivity contribution in [2.75, 3.05) is 37.0 Å². The van der Waals surface area contributed by atoms with Crippen LogP contribution in [0.15, 0.2) is 12.3 Å². The van der Waals surface area contributed by atoms with Gasteiger partial charge in [0.25, 0.3) is 0 Å². The fourth-order valence-corrected chi connectivity index (χ4v) is 2.15. The van der Waals surface area contributed by atoms with Gasteiger partial charge in [0.15, 0.2) is 5.82 Å². The van der Waals surface area contributed by atoms with Crippen LogP contribution in [0.5, 0.6) is 0 Å². The third kappa shape index (κ3) is 1.61. The molecule has 0 amide bonds. The lowest BCUT2D eigenvalue weighted by molar-refractivity contribution is 0.311. The Hall–Kier alpha value is -1.82. The van der Waals surface area contributed by atoms with Crippen molar-refractivity contribution in [1.29, 1.82) is 0 Å². The number of nitrogens with zero attached hydrogens (tertiary/aromatic N) is 4. The Balaban J connectivity index is 2.11. The van der Waals surface area contributed by atoms with E-state index in [1.165, 1.54) is 0 Å². The van der Waals surface area contributed by atoms with Crippen molar-refractivity contribution >= 4 is 22.8 Å². The van der Waals surface area contributed by atoms with Crippen LogP contribution in [0.1, 0.15) is 0 Å². The topological polar surface area (TPSA) is 66.2 Å². The van der Waals surface area contributed by atoms with Crippen LogP contribution in [0.2, 0.25) is 0 Å². The molecule has 0 radical (unpaired) electrons. The van der Waals surface area contributed by atoms with E-state index in [1.807, 2.05) is 19.3 Å². The zero-order valence-electron chi connectivity index (χ0n) is 9.72. The highest BCUT2D eigenvalue weighted by Gasteiger charge is 2.19. The first-order valence-corrected chi connectivity index (χ1v) is 5.72. The molecule has 2 aromatic rings. The Labute approximate surface area is 98.9 Å². The van der Waals surface area contributed by atoms with Crippen LogP contribution < -0.4 is 10.2 Å². The third-order valence-electron chi connectivity index (χ3n) is 3.02. The molecule has 0 bridgehead atoms. The van der Waals surface area contributed by atoms with Gasteiger partial charge in [-0.25, -0.2) is 4.98 Å². The summed E-state index contributed by atoms with van der Waals surface area (Å²) in [6, 6.07) is 2.00. The number of nitrogens with one attached hydrogen (secondary N) is 1. The summed E-state index contributed by atoms with van der Waals surface area (Å²) in [6.45, 7) is 2.47. The molecule has 0 aliphatic carbocycles. The quantitative estimate of drug-likeness (QED) is 0.797. The van der Waals surface area contributed by atoms with E-state index in [0.29, 0.717) is 12.5 Å². The van der Waals surface area contributed by atoms with Crippen molar-refractivity contribution in [3.05, 3.63) is 12.3 Å². The maximum Gasteiger partial charge on any atom is 0.225 e. The summed E-state index contributed by atoms with van der Waals surface area (Å²) in [6.07, 6.45) is 2.05. The Morgan fingerprint density at radius 3 is 3.12 bits per heavy atom. The molecular weight excluding hydrogens is 218 g/mol. The summed E-state index contributed by atoms with van der Waals surface area (Å²) in [7, 11) is 2.04. The highest BCUT2D eigenvalue weighted by molar-refractivity contribution is 5.88. The molecule has 6 heteroatoms. The second kappa shape index (κ2) is 3.89. The lowest BCUT2D eigenvalue weighted by Crippen LogP contribution is -2.28. The van der Waals surface area contributed by atoms with Crippen molar-refractivity contribution in [3.8, 4) is 0 Å². The maximum atomic E-state index is 8.80. The maximum absolute atomic E-state index is 8.80. The molecule has 6 nitrogen and oxygen atoms in total. The zero-order valence-corrected chi connectivity index (χ0v) is 9.72. The fraction of sp³-hybridized carbons (Fsp3) is 0.455. The summed E-state index contributed by atoms with van der Waals surface area (Å²) in [5.74, 6) is 1.53. The first kappa shape index (κ1) is 10.3. The number of hydrogen-bond acceptors (Lipinski definition) is 5. The molecule has 0 aromatic carbocycles. The van der Waals surface area contributed by atoms with Gasteiger partial charge in [-0.1, -0.05) is 0 Å². The minimum atomic E-state index is 0.0770. The predicted octanol–water partition coefficient (Wildman–Crippen LogP) is 0.285. The van der Waals surface area contributed by atoms with Gasteiger partial charge in [-0.3, -0.25) is 0 Å². The van der Waals surface area contributed by atoms with Gasteiger partial charge in [0, 0.05) is 32.9 Å². The van der Waals surface area contributed by atoms with Gasteiger partial charge < -0.3 is 19.9 Å². The van der Waals surface area contributed by atoms with E-state index in [0.717, 1.165) is 29.9 Å². The van der Waals surface area contributed by atoms with Crippen LogP contribution in [0, 0.1) is 0 Å². The summed E-state index contributed by atoms with van der Waals surface area (Å²) in [5.41, 5.74) is 2.04. The van der Waals surface area contributed by atoms with E-state index in [1.54, 1.807) is 0 Å². The number of aliphatic hydroxyl groups excluding tert-OH is 1. The van der Waals surface area contributed by atoms with Crippen LogP contribution in [0.25, 0.3) is 11.0 Å². The lowest BCUT2D eigenvalue weighted by atomic mass is 10.3. The van der Waals surface area contributed by atoms with E-state index < -0.39 is 0 Å². The molecule has 0 spiro atoms. The summed E-state index contributed by atoms with van der Waals surface area (Å²) in [5, 5.41) is 11.8. The van der Waals surface area contributed by atoms with Crippen LogP contribution >= 0.6 is 0 Å². The monoisotopic (exact) mass is 233 g/mol. The van der Waals surface area contributed by atoms with Crippen molar-refractivity contribution in [1.82, 2.24) is 14.5 Å². The molecule has 3 rings (SSSR count). The van der Waals surface area contributed by atoms with Crippen molar-refractivity contribution < 1.29 is 5.11 Å². The molecule has 0 saturated heterocycles. The number of likely N-dealkylation sites (N-methyl/N-ethyl adjacent to an activating group) is 1. The van der Waals surface area contributed by atoms with Gasteiger partial charge in [-0.2, -0.15) is 4.98 Å². The average molecular weight is 233 g/mol. The van der Waals surface area contributed by atoms with Gasteiger partial charge in [0.2, 0.25) is 5.95 Å². The summed E-state index contributed by atoms with van der Waals surface area (Å²) >= 11 is 0. The third-order valence-corrected chi connectivity index (χ3v) is 3.02. The minimum Gasteiger partial charge on any atom is -0.395 e. The molecule has 90 valence electrons. The van der Waals surface area contributed by atoms with E-state index in [4.69, 9.17) is 5.11 Å². The molecule has 17 heavy (non-hydrogen) atoms. The van der Waals surface area contributed by atoms with Crippen molar-refractivity contribution in [2.45, 2.75) is 6.54 Å². The molecule has 0 unspecified atom stereocenters. The molecule has 0 saturated carbocycles. The Kier molecular flexibility index (Phi) is 2.36. The molecule has 0 fully saturated rings. The second-order valence-electron chi connectivity index (χ2n) is 4.19. The standard InChI is InChI=1S/C11H15N5O/c1-15-5-6-16-4-2-8-9(16)10(15)14-11(13-8)12-3-7-17/h2,4,17H,3,5-7H2,1H3,(H,12,13,14). The van der Waals surface area contributed by atoms with E-state index in [-0.39, 0.29) is 6.61 Å². The van der Waals surface area contributed by atoms with E-state index in [9.17, 15) is 0 Å². The van der Waals surface area contributed by atoms with Gasteiger partial charge in [-0.05, 0) is 6.07 Å². The Morgan fingerprint density at radius 2 is 2.29 bits per heavy atom. The van der Waals surface area contributed by atoms with Crippen LogP contribution in [-0.2, 0) is 6.54 Å². The number of aliphatic hydroxyl groups is 1. The highest BCUT2D eigenvalue weighted by Crippen LogP contribution is 2.28. The summed E-state index contributed by atoms with van der Waals surface area (Å²) in [4.78, 5) is 11.1. The number of hydrogen-bond donors (Lipinski definition) is 2. The predicted molar refractivity (Wildman–Crippen MR) is 66.4 cm³/mol. The number of rotatable bonds is 3. The SMILES string of the molecule is CN1CCn2ccc3nc(NCCO)nc1c32. The normalized spacial score (nSPS) is 14.4. The van der Waals surface area contributed by atoms with Crippen molar-refractivity contribution in [3.63, 3.8) is 0 Å². The second-order valence-corrected chi connectivity index (χ2v) is 4.19. The van der Waals surface area contributed by atoms with Crippen molar-refractivity contribution in [2.24, 2.45) is 0 Å².